The summed E-state index contributed by atoms with van der Waals surface area (Å²) in [5.41, 5.74) is 0.134. The number of ether oxygens (including phenoxy) is 1. The van der Waals surface area contributed by atoms with E-state index in [-0.39, 0.29) is 15.7 Å². The van der Waals surface area contributed by atoms with E-state index in [1.165, 1.54) is 25.3 Å². The van der Waals surface area contributed by atoms with Crippen LogP contribution in [0.3, 0.4) is 0 Å². The van der Waals surface area contributed by atoms with Gasteiger partial charge in [0.05, 0.1) is 7.11 Å². The van der Waals surface area contributed by atoms with Gasteiger partial charge in [-0.15, -0.1) is 5.10 Å². The molecule has 0 bridgehead atoms. The number of aromatic nitrogens is 3. The van der Waals surface area contributed by atoms with Crippen LogP contribution in [0.1, 0.15) is 4.79 Å². The van der Waals surface area contributed by atoms with Gasteiger partial charge in [-0.3, -0.25) is 4.79 Å². The second kappa shape index (κ2) is 3.72. The summed E-state index contributed by atoms with van der Waals surface area (Å²) < 4.78 is 41.8. The van der Waals surface area contributed by atoms with E-state index in [9.17, 15) is 18.0 Å². The predicted octanol–water partition coefficient (Wildman–Crippen LogP) is 1.64. The molecule has 0 atom stereocenters. The lowest BCUT2D eigenvalue weighted by atomic mass is 10.3. The van der Waals surface area contributed by atoms with Crippen LogP contribution in [-0.4, -0.2) is 34.2 Å². The van der Waals surface area contributed by atoms with Gasteiger partial charge in [-0.2, -0.15) is 17.9 Å². The first-order valence-corrected chi connectivity index (χ1v) is 4.44. The lowest BCUT2D eigenvalue weighted by Gasteiger charge is -2.05. The molecular formula is C9H6F3N3O2. The molecule has 0 spiro atoms. The number of carbonyl (C=O) groups is 1. The zero-order valence-electron chi connectivity index (χ0n) is 8.52. The number of hydrogen-bond donors (Lipinski definition) is 0. The van der Waals surface area contributed by atoms with Gasteiger partial charge in [-0.25, -0.2) is 0 Å². The maximum atomic E-state index is 12.3. The van der Waals surface area contributed by atoms with Crippen molar-refractivity contribution in [1.29, 1.82) is 0 Å². The van der Waals surface area contributed by atoms with Crippen molar-refractivity contribution >= 4 is 16.9 Å². The molecule has 0 fully saturated rings. The molecule has 0 aliphatic carbocycles. The highest BCUT2D eigenvalue weighted by Crippen LogP contribution is 2.23. The van der Waals surface area contributed by atoms with Crippen LogP contribution in [-0.2, 0) is 0 Å². The Hall–Kier alpha value is -2.12. The fourth-order valence-corrected chi connectivity index (χ4v) is 1.30. The molecule has 5 nitrogen and oxygen atoms in total. The molecule has 0 aliphatic heterocycles. The number of benzene rings is 1. The van der Waals surface area contributed by atoms with Crippen molar-refractivity contribution < 1.29 is 22.7 Å². The van der Waals surface area contributed by atoms with Gasteiger partial charge >= 0.3 is 12.1 Å². The molecule has 17 heavy (non-hydrogen) atoms. The topological polar surface area (TPSA) is 57.0 Å². The smallest absolute Gasteiger partial charge is 0.473 e. The van der Waals surface area contributed by atoms with Crippen molar-refractivity contribution in [1.82, 2.24) is 15.0 Å². The van der Waals surface area contributed by atoms with Crippen molar-refractivity contribution in [2.45, 2.75) is 6.18 Å². The van der Waals surface area contributed by atoms with Crippen molar-refractivity contribution in [3.05, 3.63) is 18.2 Å². The van der Waals surface area contributed by atoms with Crippen molar-refractivity contribution in [3.63, 3.8) is 0 Å². The third-order valence-corrected chi connectivity index (χ3v) is 2.09. The summed E-state index contributed by atoms with van der Waals surface area (Å²) >= 11 is 0. The molecule has 0 N–H and O–H groups in total. The Morgan fingerprint density at radius 1 is 1.41 bits per heavy atom. The maximum Gasteiger partial charge on any atom is 0.473 e. The van der Waals surface area contributed by atoms with Crippen LogP contribution in [0.4, 0.5) is 13.2 Å². The van der Waals surface area contributed by atoms with E-state index in [1.807, 2.05) is 0 Å². The Labute approximate surface area is 92.8 Å². The Balaban J connectivity index is 2.59. The number of halogens is 3. The molecule has 2 aromatic rings. The third kappa shape index (κ3) is 1.93. The monoisotopic (exact) mass is 245 g/mol. The normalized spacial score (nSPS) is 11.8. The van der Waals surface area contributed by atoms with E-state index in [1.54, 1.807) is 0 Å². The van der Waals surface area contributed by atoms with Crippen LogP contribution in [0.25, 0.3) is 11.0 Å². The predicted molar refractivity (Wildman–Crippen MR) is 50.8 cm³/mol. The second-order valence-electron chi connectivity index (χ2n) is 3.16. The standard InChI is InChI=1S/C9H6F3N3O2/c1-17-5-2-3-6-7(4-5)15(14-13-6)8(16)9(10,11)12/h2-4H,1H3. The van der Waals surface area contributed by atoms with E-state index >= 15 is 0 Å². The Bertz CT molecular complexity index is 576. The van der Waals surface area contributed by atoms with Crippen molar-refractivity contribution in [2.75, 3.05) is 7.11 Å². The van der Waals surface area contributed by atoms with Gasteiger partial charge in [-0.1, -0.05) is 5.21 Å². The molecule has 0 aliphatic rings. The van der Waals surface area contributed by atoms with Crippen LogP contribution in [0.2, 0.25) is 0 Å². The van der Waals surface area contributed by atoms with E-state index in [4.69, 9.17) is 4.74 Å². The number of carbonyl (C=O) groups excluding carboxylic acids is 1. The van der Waals surface area contributed by atoms with E-state index < -0.39 is 12.1 Å². The second-order valence-corrected chi connectivity index (χ2v) is 3.16. The Morgan fingerprint density at radius 3 is 2.71 bits per heavy atom. The minimum Gasteiger partial charge on any atom is -0.497 e. The first-order chi connectivity index (χ1) is 7.93. The zero-order chi connectivity index (χ0) is 12.6. The highest BCUT2D eigenvalue weighted by molar-refractivity contribution is 5.92. The largest absolute Gasteiger partial charge is 0.497 e. The van der Waals surface area contributed by atoms with Crippen LogP contribution < -0.4 is 4.74 Å². The zero-order valence-corrected chi connectivity index (χ0v) is 8.52. The fraction of sp³-hybridized carbons (Fsp3) is 0.222. The molecule has 0 radical (unpaired) electrons. The van der Waals surface area contributed by atoms with Gasteiger partial charge in [0.15, 0.2) is 0 Å². The first-order valence-electron chi connectivity index (χ1n) is 4.44. The van der Waals surface area contributed by atoms with E-state index in [0.29, 0.717) is 5.75 Å². The van der Waals surface area contributed by atoms with Crippen LogP contribution in [0.5, 0.6) is 5.75 Å². The van der Waals surface area contributed by atoms with Crippen LogP contribution in [0, 0.1) is 0 Å². The SMILES string of the molecule is COc1ccc2nnn(C(=O)C(F)(F)F)c2c1. The molecule has 1 heterocycles. The molecule has 1 aromatic heterocycles. The number of methoxy groups -OCH3 is 1. The number of hydrogen-bond acceptors (Lipinski definition) is 4. The number of alkyl halides is 3. The molecule has 2 rings (SSSR count). The molecule has 0 amide bonds. The third-order valence-electron chi connectivity index (χ3n) is 2.09. The number of rotatable bonds is 1. The maximum absolute atomic E-state index is 12.3. The minimum absolute atomic E-state index is 0.0494. The lowest BCUT2D eigenvalue weighted by molar-refractivity contribution is -0.0953. The van der Waals surface area contributed by atoms with Crippen LogP contribution in [0.15, 0.2) is 18.2 Å². The highest BCUT2D eigenvalue weighted by Gasteiger charge is 2.41. The van der Waals surface area contributed by atoms with Crippen molar-refractivity contribution in [3.8, 4) is 5.75 Å². The van der Waals surface area contributed by atoms with Gasteiger partial charge in [0, 0.05) is 6.07 Å². The molecule has 0 unspecified atom stereocenters. The van der Waals surface area contributed by atoms with Gasteiger partial charge in [-0.05, 0) is 12.1 Å². The van der Waals surface area contributed by atoms with Crippen LogP contribution >= 0.6 is 0 Å². The average Bonchev–Trinajstić information content (AvgIpc) is 2.69. The molecule has 0 saturated heterocycles. The summed E-state index contributed by atoms with van der Waals surface area (Å²) in [7, 11) is 1.36. The first kappa shape index (κ1) is 11.4. The lowest BCUT2D eigenvalue weighted by Crippen LogP contribution is -2.29. The molecule has 90 valence electrons. The molecular weight excluding hydrogens is 239 g/mol. The quantitative estimate of drug-likeness (QED) is 0.766. The molecule has 1 aromatic carbocycles. The fourth-order valence-electron chi connectivity index (χ4n) is 1.30. The van der Waals surface area contributed by atoms with Crippen molar-refractivity contribution in [2.24, 2.45) is 0 Å². The summed E-state index contributed by atoms with van der Waals surface area (Å²) in [6.07, 6.45) is -5.00. The summed E-state index contributed by atoms with van der Waals surface area (Å²) in [5, 5.41) is 6.64. The summed E-state index contributed by atoms with van der Waals surface area (Å²) in [6.45, 7) is 0. The Kier molecular flexibility index (Phi) is 2.49. The Morgan fingerprint density at radius 2 is 2.12 bits per heavy atom. The van der Waals surface area contributed by atoms with Gasteiger partial charge in [0.1, 0.15) is 16.8 Å². The van der Waals surface area contributed by atoms with E-state index in [0.717, 1.165) is 0 Å². The van der Waals surface area contributed by atoms with E-state index in [2.05, 4.69) is 10.3 Å². The average molecular weight is 245 g/mol. The molecule has 0 saturated carbocycles. The summed E-state index contributed by atoms with van der Waals surface area (Å²) in [6, 6.07) is 4.19. The van der Waals surface area contributed by atoms with Gasteiger partial charge in [0.25, 0.3) is 0 Å². The summed E-state index contributed by atoms with van der Waals surface area (Å²) in [5.74, 6) is -1.77. The highest BCUT2D eigenvalue weighted by atomic mass is 19.4. The van der Waals surface area contributed by atoms with Gasteiger partial charge < -0.3 is 4.74 Å². The number of fused-ring (bicyclic) bond motifs is 1. The number of nitrogens with zero attached hydrogens (tertiary/aromatic N) is 3. The molecule has 8 heteroatoms. The summed E-state index contributed by atoms with van der Waals surface area (Å²) in [4.78, 5) is 11.0. The van der Waals surface area contributed by atoms with Gasteiger partial charge in [0.2, 0.25) is 0 Å². The minimum atomic E-state index is -5.00.